The topological polar surface area (TPSA) is 96.0 Å². The molecule has 1 heterocycles. The standard InChI is InChI=1S/C18H18FN5O3/c1-2-14(12-27-11-13-7-4-3-5-8-13)23-18(20-21-22-23)15-9-6-10-16(17(15)19)24(25)26/h3-10,14H,2,11-12H2,1H3/t14-/m1/s1. The number of tetrazole rings is 1. The molecule has 0 radical (unpaired) electrons. The number of hydrogen-bond acceptors (Lipinski definition) is 6. The Bertz CT molecular complexity index is 916. The smallest absolute Gasteiger partial charge is 0.305 e. The summed E-state index contributed by atoms with van der Waals surface area (Å²) in [5, 5.41) is 22.4. The summed E-state index contributed by atoms with van der Waals surface area (Å²) in [6.45, 7) is 2.69. The van der Waals surface area contributed by atoms with Gasteiger partial charge in [0.2, 0.25) is 5.82 Å². The number of halogens is 1. The van der Waals surface area contributed by atoms with Gasteiger partial charge in [0, 0.05) is 6.07 Å². The van der Waals surface area contributed by atoms with E-state index in [1.807, 2.05) is 37.3 Å². The van der Waals surface area contributed by atoms with Crippen LogP contribution in [0.3, 0.4) is 0 Å². The number of rotatable bonds is 8. The van der Waals surface area contributed by atoms with E-state index in [1.165, 1.54) is 16.8 Å². The van der Waals surface area contributed by atoms with E-state index in [4.69, 9.17) is 4.74 Å². The highest BCUT2D eigenvalue weighted by molar-refractivity contribution is 5.60. The van der Waals surface area contributed by atoms with E-state index >= 15 is 0 Å². The van der Waals surface area contributed by atoms with Crippen molar-refractivity contribution in [2.24, 2.45) is 0 Å². The first-order valence-corrected chi connectivity index (χ1v) is 8.44. The lowest BCUT2D eigenvalue weighted by molar-refractivity contribution is -0.387. The van der Waals surface area contributed by atoms with Crippen LogP contribution < -0.4 is 0 Å². The van der Waals surface area contributed by atoms with Crippen LogP contribution in [-0.4, -0.2) is 31.7 Å². The molecule has 0 N–H and O–H groups in total. The van der Waals surface area contributed by atoms with E-state index < -0.39 is 16.4 Å². The Labute approximate surface area is 154 Å². The number of nitrogens with zero attached hydrogens (tertiary/aromatic N) is 5. The van der Waals surface area contributed by atoms with Gasteiger partial charge in [-0.3, -0.25) is 10.1 Å². The van der Waals surface area contributed by atoms with E-state index in [9.17, 15) is 14.5 Å². The maximum Gasteiger partial charge on any atom is 0.305 e. The number of ether oxygens (including phenoxy) is 1. The van der Waals surface area contributed by atoms with Gasteiger partial charge in [-0.25, -0.2) is 4.68 Å². The molecular weight excluding hydrogens is 353 g/mol. The van der Waals surface area contributed by atoms with Crippen LogP contribution in [0.25, 0.3) is 11.4 Å². The fourth-order valence-electron chi connectivity index (χ4n) is 2.70. The summed E-state index contributed by atoms with van der Waals surface area (Å²) in [5.74, 6) is -0.829. The molecule has 0 bridgehead atoms. The molecule has 3 rings (SSSR count). The molecule has 0 spiro atoms. The summed E-state index contributed by atoms with van der Waals surface area (Å²) in [5.41, 5.74) is 0.403. The minimum atomic E-state index is -0.960. The monoisotopic (exact) mass is 371 g/mol. The Morgan fingerprint density at radius 1 is 1.22 bits per heavy atom. The van der Waals surface area contributed by atoms with E-state index in [0.717, 1.165) is 11.6 Å². The van der Waals surface area contributed by atoms with E-state index in [1.54, 1.807) is 0 Å². The first-order valence-electron chi connectivity index (χ1n) is 8.44. The summed E-state index contributed by atoms with van der Waals surface area (Å²) >= 11 is 0. The molecule has 0 aliphatic carbocycles. The second kappa shape index (κ2) is 8.45. The van der Waals surface area contributed by atoms with Crippen LogP contribution in [0.15, 0.2) is 48.5 Å². The number of benzene rings is 2. The molecule has 0 unspecified atom stereocenters. The van der Waals surface area contributed by atoms with Crippen molar-refractivity contribution in [3.8, 4) is 11.4 Å². The van der Waals surface area contributed by atoms with Crippen LogP contribution in [0.2, 0.25) is 0 Å². The Kier molecular flexibility index (Phi) is 5.82. The molecule has 0 fully saturated rings. The summed E-state index contributed by atoms with van der Waals surface area (Å²) < 4.78 is 21.7. The van der Waals surface area contributed by atoms with Crippen molar-refractivity contribution < 1.29 is 14.1 Å². The van der Waals surface area contributed by atoms with Gasteiger partial charge in [-0.2, -0.15) is 4.39 Å². The second-order valence-electron chi connectivity index (χ2n) is 5.91. The first kappa shape index (κ1) is 18.6. The first-order chi connectivity index (χ1) is 13.1. The fraction of sp³-hybridized carbons (Fsp3) is 0.278. The largest absolute Gasteiger partial charge is 0.375 e. The Balaban J connectivity index is 1.80. The lowest BCUT2D eigenvalue weighted by atomic mass is 10.1. The molecular formula is C18H18FN5O3. The van der Waals surface area contributed by atoms with Gasteiger partial charge in [0.25, 0.3) is 0 Å². The van der Waals surface area contributed by atoms with Crippen LogP contribution in [0, 0.1) is 15.9 Å². The Hall–Kier alpha value is -3.20. The molecule has 0 saturated carbocycles. The van der Waals surface area contributed by atoms with Crippen molar-refractivity contribution in [2.45, 2.75) is 26.0 Å². The van der Waals surface area contributed by atoms with Crippen LogP contribution in [0.5, 0.6) is 0 Å². The third-order valence-corrected chi connectivity index (χ3v) is 4.15. The predicted octanol–water partition coefficient (Wildman–Crippen LogP) is 3.56. The zero-order valence-corrected chi connectivity index (χ0v) is 14.7. The van der Waals surface area contributed by atoms with E-state index in [2.05, 4.69) is 15.5 Å². The van der Waals surface area contributed by atoms with Gasteiger partial charge in [0.1, 0.15) is 0 Å². The normalized spacial score (nSPS) is 12.1. The second-order valence-corrected chi connectivity index (χ2v) is 5.91. The highest BCUT2D eigenvalue weighted by Crippen LogP contribution is 2.29. The quantitative estimate of drug-likeness (QED) is 0.444. The zero-order valence-electron chi connectivity index (χ0n) is 14.7. The van der Waals surface area contributed by atoms with Gasteiger partial charge in [-0.15, -0.1) is 5.10 Å². The van der Waals surface area contributed by atoms with Crippen LogP contribution in [-0.2, 0) is 11.3 Å². The molecule has 0 aliphatic rings. The van der Waals surface area contributed by atoms with Crippen LogP contribution in [0.1, 0.15) is 24.9 Å². The third-order valence-electron chi connectivity index (χ3n) is 4.15. The summed E-state index contributed by atoms with van der Waals surface area (Å²) in [6.07, 6.45) is 0.642. The van der Waals surface area contributed by atoms with Crippen molar-refractivity contribution in [1.29, 1.82) is 0 Å². The molecule has 0 aliphatic heterocycles. The van der Waals surface area contributed by atoms with Crippen molar-refractivity contribution in [3.63, 3.8) is 0 Å². The average Bonchev–Trinajstić information content (AvgIpc) is 3.15. The van der Waals surface area contributed by atoms with Gasteiger partial charge >= 0.3 is 5.69 Å². The van der Waals surface area contributed by atoms with Crippen molar-refractivity contribution in [2.75, 3.05) is 6.61 Å². The van der Waals surface area contributed by atoms with Gasteiger partial charge in [0.05, 0.1) is 29.7 Å². The zero-order chi connectivity index (χ0) is 19.2. The number of aromatic nitrogens is 4. The van der Waals surface area contributed by atoms with Crippen LogP contribution in [0.4, 0.5) is 10.1 Å². The Morgan fingerprint density at radius 2 is 2.00 bits per heavy atom. The molecule has 1 aromatic heterocycles. The maximum absolute atomic E-state index is 14.5. The van der Waals surface area contributed by atoms with Crippen molar-refractivity contribution in [1.82, 2.24) is 20.2 Å². The molecule has 140 valence electrons. The highest BCUT2D eigenvalue weighted by atomic mass is 19.1. The molecule has 27 heavy (non-hydrogen) atoms. The van der Waals surface area contributed by atoms with Gasteiger partial charge in [-0.1, -0.05) is 43.3 Å². The van der Waals surface area contributed by atoms with Crippen LogP contribution >= 0.6 is 0 Å². The molecule has 0 saturated heterocycles. The number of nitro benzene ring substituents is 1. The van der Waals surface area contributed by atoms with Crippen molar-refractivity contribution >= 4 is 5.69 Å². The molecule has 0 amide bonds. The van der Waals surface area contributed by atoms with E-state index in [0.29, 0.717) is 19.6 Å². The molecule has 9 heteroatoms. The summed E-state index contributed by atoms with van der Waals surface area (Å²) in [7, 11) is 0. The summed E-state index contributed by atoms with van der Waals surface area (Å²) in [4.78, 5) is 10.2. The van der Waals surface area contributed by atoms with Gasteiger partial charge < -0.3 is 4.74 Å². The predicted molar refractivity (Wildman–Crippen MR) is 95.3 cm³/mol. The average molecular weight is 371 g/mol. The van der Waals surface area contributed by atoms with Gasteiger partial charge in [0.15, 0.2) is 5.82 Å². The molecule has 8 nitrogen and oxygen atoms in total. The van der Waals surface area contributed by atoms with Crippen molar-refractivity contribution in [3.05, 3.63) is 70.0 Å². The van der Waals surface area contributed by atoms with Gasteiger partial charge in [-0.05, 0) is 28.5 Å². The Morgan fingerprint density at radius 3 is 2.70 bits per heavy atom. The summed E-state index contributed by atoms with van der Waals surface area (Å²) in [6, 6.07) is 13.4. The minimum absolute atomic E-state index is 0.0179. The maximum atomic E-state index is 14.5. The lowest BCUT2D eigenvalue weighted by Crippen LogP contribution is -2.18. The SMILES string of the molecule is CC[C@H](COCc1ccccc1)n1nnnc1-c1cccc([N+](=O)[O-])c1F. The minimum Gasteiger partial charge on any atom is -0.375 e. The fourth-order valence-corrected chi connectivity index (χ4v) is 2.70. The number of hydrogen-bond donors (Lipinski definition) is 0. The molecule has 3 aromatic rings. The highest BCUT2D eigenvalue weighted by Gasteiger charge is 2.24. The number of nitro groups is 1. The molecule has 1 atom stereocenters. The van der Waals surface area contributed by atoms with E-state index in [-0.39, 0.29) is 17.4 Å². The lowest BCUT2D eigenvalue weighted by Gasteiger charge is -2.17. The third kappa shape index (κ3) is 4.14. The molecule has 2 aromatic carbocycles.